The summed E-state index contributed by atoms with van der Waals surface area (Å²) in [6, 6.07) is 8.43. The predicted molar refractivity (Wildman–Crippen MR) is 111 cm³/mol. The molecule has 5 rings (SSSR count). The molecule has 0 radical (unpaired) electrons. The van der Waals surface area contributed by atoms with Crippen LogP contribution in [-0.2, 0) is 17.5 Å². The number of fused-ring (bicyclic) bond motifs is 3. The highest BCUT2D eigenvalue weighted by Crippen LogP contribution is 2.34. The second kappa shape index (κ2) is 7.67. The second-order valence-electron chi connectivity index (χ2n) is 7.81. The smallest absolute Gasteiger partial charge is 0.416 e. The van der Waals surface area contributed by atoms with Crippen LogP contribution in [-0.4, -0.2) is 28.4 Å². The summed E-state index contributed by atoms with van der Waals surface area (Å²) in [4.78, 5) is 4.44. The molecule has 3 aromatic rings. The maximum Gasteiger partial charge on any atom is 0.416 e. The van der Waals surface area contributed by atoms with Crippen LogP contribution < -0.4 is 10.5 Å². The van der Waals surface area contributed by atoms with Crippen LogP contribution in [0.1, 0.15) is 17.5 Å². The number of hydrogen-bond acceptors (Lipinski definition) is 4. The Kier molecular flexibility index (Phi) is 4.93. The molecule has 0 fully saturated rings. The molecule has 2 heterocycles. The monoisotopic (exact) mass is 445 g/mol. The molecule has 1 aliphatic carbocycles. The first-order chi connectivity index (χ1) is 15.3. The Balaban J connectivity index is 1.20. The van der Waals surface area contributed by atoms with E-state index in [0.29, 0.717) is 36.8 Å². The highest BCUT2D eigenvalue weighted by molar-refractivity contribution is 5.80. The molecule has 1 unspecified atom stereocenters. The number of alkyl halides is 3. The van der Waals surface area contributed by atoms with Gasteiger partial charge in [-0.25, -0.2) is 4.39 Å². The van der Waals surface area contributed by atoms with E-state index in [1.54, 1.807) is 24.3 Å². The molecule has 5 nitrogen and oxygen atoms in total. The summed E-state index contributed by atoms with van der Waals surface area (Å²) in [5, 5.41) is 0. The number of allylic oxidation sites excluding steroid dienone is 2. The third-order valence-corrected chi connectivity index (χ3v) is 5.56. The number of imidazole rings is 1. The molecule has 9 heteroatoms. The fraction of sp³-hybridized carbons (Fsp3) is 0.261. The van der Waals surface area contributed by atoms with Crippen LogP contribution in [0.4, 0.5) is 23.2 Å². The van der Waals surface area contributed by atoms with Crippen molar-refractivity contribution in [3.8, 4) is 6.01 Å². The average molecular weight is 445 g/mol. The van der Waals surface area contributed by atoms with Crippen molar-refractivity contribution in [2.24, 2.45) is 0 Å². The number of nitrogens with two attached hydrogens (primary N) is 1. The van der Waals surface area contributed by atoms with Crippen molar-refractivity contribution in [2.45, 2.75) is 31.3 Å². The second-order valence-corrected chi connectivity index (χ2v) is 7.81. The lowest BCUT2D eigenvalue weighted by molar-refractivity contribution is -0.137. The SMILES string of the molecule is Nc1ccc2c(c1)nc1n2C[C@@H](COC2C=CC(c3cc(C(F)(F)F)ccc3F)=CC2)O1. The number of benzene rings is 2. The van der Waals surface area contributed by atoms with Gasteiger partial charge in [0.2, 0.25) is 0 Å². The van der Waals surface area contributed by atoms with Crippen molar-refractivity contribution in [2.75, 3.05) is 12.3 Å². The van der Waals surface area contributed by atoms with E-state index in [4.69, 9.17) is 15.2 Å². The minimum atomic E-state index is -4.53. The normalized spacial score (nSPS) is 20.3. The van der Waals surface area contributed by atoms with Crippen LogP contribution in [0, 0.1) is 5.82 Å². The van der Waals surface area contributed by atoms with Gasteiger partial charge in [-0.05, 0) is 48.4 Å². The highest BCUT2D eigenvalue weighted by Gasteiger charge is 2.31. The van der Waals surface area contributed by atoms with E-state index in [2.05, 4.69) is 4.98 Å². The maximum atomic E-state index is 14.1. The summed E-state index contributed by atoms with van der Waals surface area (Å²) in [5.41, 5.74) is 7.57. The standard InChI is InChI=1S/C23H19F4N3O2/c24-19-7-3-14(23(25,26)27)9-18(19)13-1-5-16(6-2-13)31-12-17-11-30-21-8-4-15(28)10-20(21)29-22(30)32-17/h1-5,7-10,16-17H,6,11-12,28H2/t16?,17-/m0/s1. The highest BCUT2D eigenvalue weighted by atomic mass is 19.4. The summed E-state index contributed by atoms with van der Waals surface area (Å²) in [5.74, 6) is -0.698. The van der Waals surface area contributed by atoms with Crippen molar-refractivity contribution >= 4 is 22.3 Å². The summed E-state index contributed by atoms with van der Waals surface area (Å²) in [7, 11) is 0. The van der Waals surface area contributed by atoms with Crippen LogP contribution >= 0.6 is 0 Å². The summed E-state index contributed by atoms with van der Waals surface area (Å²) < 4.78 is 66.7. The van der Waals surface area contributed by atoms with Gasteiger partial charge in [0.25, 0.3) is 6.01 Å². The topological polar surface area (TPSA) is 62.3 Å². The fourth-order valence-electron chi connectivity index (χ4n) is 3.95. The van der Waals surface area contributed by atoms with E-state index in [9.17, 15) is 17.6 Å². The molecule has 0 saturated carbocycles. The van der Waals surface area contributed by atoms with Gasteiger partial charge in [0.15, 0.2) is 0 Å². The third-order valence-electron chi connectivity index (χ3n) is 5.56. The van der Waals surface area contributed by atoms with Gasteiger partial charge >= 0.3 is 6.18 Å². The van der Waals surface area contributed by atoms with Crippen LogP contribution in [0.3, 0.4) is 0 Å². The van der Waals surface area contributed by atoms with Crippen LogP contribution in [0.5, 0.6) is 6.01 Å². The molecular formula is C23H19F4N3O2. The molecule has 166 valence electrons. The predicted octanol–water partition coefficient (Wildman–Crippen LogP) is 4.97. The Morgan fingerprint density at radius 3 is 2.78 bits per heavy atom. The van der Waals surface area contributed by atoms with Gasteiger partial charge in [-0.3, -0.25) is 4.57 Å². The number of rotatable bonds is 4. The zero-order valence-corrected chi connectivity index (χ0v) is 16.8. The molecule has 1 aliphatic heterocycles. The van der Waals surface area contributed by atoms with Gasteiger partial charge in [0, 0.05) is 11.3 Å². The molecule has 2 aliphatic rings. The van der Waals surface area contributed by atoms with Gasteiger partial charge in [-0.15, -0.1) is 0 Å². The first-order valence-electron chi connectivity index (χ1n) is 10.1. The lowest BCUT2D eigenvalue weighted by Gasteiger charge is -2.20. The van der Waals surface area contributed by atoms with E-state index in [0.717, 1.165) is 29.2 Å². The molecule has 2 atom stereocenters. The van der Waals surface area contributed by atoms with E-state index in [1.807, 2.05) is 16.7 Å². The zero-order valence-electron chi connectivity index (χ0n) is 16.8. The third kappa shape index (κ3) is 3.84. The van der Waals surface area contributed by atoms with Crippen LogP contribution in [0.15, 0.2) is 54.6 Å². The Bertz CT molecular complexity index is 1250. The Morgan fingerprint density at radius 1 is 1.19 bits per heavy atom. The van der Waals surface area contributed by atoms with Gasteiger partial charge in [0.05, 0.1) is 35.9 Å². The molecule has 0 amide bonds. The Labute approximate surface area is 180 Å². The van der Waals surface area contributed by atoms with Gasteiger partial charge in [-0.2, -0.15) is 18.2 Å². The molecule has 2 N–H and O–H groups in total. The van der Waals surface area contributed by atoms with Crippen molar-refractivity contribution in [3.63, 3.8) is 0 Å². The molecule has 0 spiro atoms. The average Bonchev–Trinajstić information content (AvgIpc) is 3.29. The first kappa shape index (κ1) is 20.6. The number of anilines is 1. The number of nitrogens with zero attached hydrogens (tertiary/aromatic N) is 2. The van der Waals surface area contributed by atoms with Gasteiger partial charge < -0.3 is 15.2 Å². The van der Waals surface area contributed by atoms with Crippen LogP contribution in [0.2, 0.25) is 0 Å². The minimum Gasteiger partial charge on any atom is -0.457 e. The first-order valence-corrected chi connectivity index (χ1v) is 10.1. The lowest BCUT2D eigenvalue weighted by atomic mass is 9.96. The quantitative estimate of drug-likeness (QED) is 0.455. The van der Waals surface area contributed by atoms with E-state index < -0.39 is 17.6 Å². The summed E-state index contributed by atoms with van der Waals surface area (Å²) in [6.45, 7) is 0.901. The van der Waals surface area contributed by atoms with Crippen molar-refractivity contribution < 1.29 is 27.0 Å². The Hall–Kier alpha value is -3.33. The number of halogens is 4. The summed E-state index contributed by atoms with van der Waals surface area (Å²) in [6.07, 6.45) is 0.397. The fourth-order valence-corrected chi connectivity index (χ4v) is 3.95. The van der Waals surface area contributed by atoms with Crippen LogP contribution in [0.25, 0.3) is 16.6 Å². The van der Waals surface area contributed by atoms with Gasteiger partial charge in [0.1, 0.15) is 11.9 Å². The number of aromatic nitrogens is 2. The molecule has 0 bridgehead atoms. The van der Waals surface area contributed by atoms with E-state index >= 15 is 0 Å². The largest absolute Gasteiger partial charge is 0.457 e. The minimum absolute atomic E-state index is 0.0772. The molecule has 2 aromatic carbocycles. The molecule has 1 aromatic heterocycles. The molecular weight excluding hydrogens is 426 g/mol. The maximum absolute atomic E-state index is 14.1. The molecule has 32 heavy (non-hydrogen) atoms. The number of ether oxygens (including phenoxy) is 2. The van der Waals surface area contributed by atoms with E-state index in [-0.39, 0.29) is 17.8 Å². The van der Waals surface area contributed by atoms with E-state index in [1.165, 1.54) is 0 Å². The number of hydrogen-bond donors (Lipinski definition) is 1. The zero-order chi connectivity index (χ0) is 22.5. The molecule has 0 saturated heterocycles. The van der Waals surface area contributed by atoms with Gasteiger partial charge in [-0.1, -0.05) is 18.2 Å². The van der Waals surface area contributed by atoms with Crippen molar-refractivity contribution in [1.29, 1.82) is 0 Å². The summed E-state index contributed by atoms with van der Waals surface area (Å²) >= 11 is 0. The Morgan fingerprint density at radius 2 is 2.03 bits per heavy atom. The van der Waals surface area contributed by atoms with Crippen molar-refractivity contribution in [3.05, 3.63) is 71.6 Å². The number of nitrogen functional groups attached to an aromatic ring is 1. The lowest BCUT2D eigenvalue weighted by Crippen LogP contribution is -2.25. The van der Waals surface area contributed by atoms with Crippen molar-refractivity contribution in [1.82, 2.24) is 9.55 Å².